The number of hydrogen-bond donors (Lipinski definition) is 2. The van der Waals surface area contributed by atoms with Crippen molar-refractivity contribution in [3.63, 3.8) is 0 Å². The number of thiazole rings is 1. The van der Waals surface area contributed by atoms with E-state index in [4.69, 9.17) is 5.11 Å². The van der Waals surface area contributed by atoms with Crippen molar-refractivity contribution in [2.75, 3.05) is 6.54 Å². The minimum absolute atomic E-state index is 0.0472. The second kappa shape index (κ2) is 6.78. The molecule has 0 unspecified atom stereocenters. The van der Waals surface area contributed by atoms with Crippen LogP contribution in [0.1, 0.15) is 26.6 Å². The van der Waals surface area contributed by atoms with Gasteiger partial charge in [0.05, 0.1) is 12.1 Å². The highest BCUT2D eigenvalue weighted by atomic mass is 32.1. The summed E-state index contributed by atoms with van der Waals surface area (Å²) in [5.74, 6) is -1.73. The highest BCUT2D eigenvalue weighted by Crippen LogP contribution is 2.22. The summed E-state index contributed by atoms with van der Waals surface area (Å²) in [5.41, 5.74) is 1.28. The van der Waals surface area contributed by atoms with Crippen molar-refractivity contribution in [3.05, 3.63) is 40.2 Å². The summed E-state index contributed by atoms with van der Waals surface area (Å²) in [7, 11) is 0. The molecule has 5 nitrogen and oxygen atoms in total. The monoisotopic (exact) mass is 344 g/mol. The van der Waals surface area contributed by atoms with Crippen molar-refractivity contribution >= 4 is 23.2 Å². The average Bonchev–Trinajstić information content (AvgIpc) is 2.96. The number of halogens is 3. The third-order valence-corrected chi connectivity index (χ3v) is 3.65. The first-order valence-corrected chi connectivity index (χ1v) is 7.28. The number of alkyl halides is 3. The smallest absolute Gasteiger partial charge is 0.390 e. The quantitative estimate of drug-likeness (QED) is 0.873. The Balaban J connectivity index is 2.01. The Hall–Kier alpha value is -2.42. The first kappa shape index (κ1) is 16.9. The second-order valence-electron chi connectivity index (χ2n) is 4.54. The van der Waals surface area contributed by atoms with Gasteiger partial charge in [-0.2, -0.15) is 13.2 Å². The minimum Gasteiger partial charge on any atom is -0.476 e. The van der Waals surface area contributed by atoms with Crippen LogP contribution in [0.5, 0.6) is 0 Å². The summed E-state index contributed by atoms with van der Waals surface area (Å²) >= 11 is 0.980. The molecule has 0 aliphatic rings. The van der Waals surface area contributed by atoms with E-state index in [-0.39, 0.29) is 10.6 Å². The predicted octanol–water partition coefficient (Wildman–Crippen LogP) is 3.19. The number of carbonyl (C=O) groups is 2. The minimum atomic E-state index is -4.32. The molecule has 9 heteroatoms. The van der Waals surface area contributed by atoms with Crippen LogP contribution >= 0.6 is 11.3 Å². The first-order chi connectivity index (χ1) is 10.8. The summed E-state index contributed by atoms with van der Waals surface area (Å²) in [4.78, 5) is 26.4. The summed E-state index contributed by atoms with van der Waals surface area (Å²) in [6, 6.07) is 5.99. The Labute approximate surface area is 132 Å². The lowest BCUT2D eigenvalue weighted by atomic mass is 10.1. The topological polar surface area (TPSA) is 79.3 Å². The fourth-order valence-corrected chi connectivity index (χ4v) is 2.38. The van der Waals surface area contributed by atoms with Gasteiger partial charge >= 0.3 is 12.1 Å². The van der Waals surface area contributed by atoms with Crippen LogP contribution in [0.2, 0.25) is 0 Å². The van der Waals surface area contributed by atoms with Crippen molar-refractivity contribution in [2.24, 2.45) is 0 Å². The lowest BCUT2D eigenvalue weighted by molar-refractivity contribution is -0.133. The molecule has 0 saturated heterocycles. The van der Waals surface area contributed by atoms with Crippen LogP contribution in [0, 0.1) is 0 Å². The molecule has 0 atom stereocenters. The number of rotatable bonds is 5. The number of aromatic carboxylic acids is 1. The van der Waals surface area contributed by atoms with Gasteiger partial charge in [0, 0.05) is 23.1 Å². The number of carboxylic acid groups (broad SMARTS) is 1. The maximum absolute atomic E-state index is 12.0. The van der Waals surface area contributed by atoms with Crippen LogP contribution in [0.15, 0.2) is 29.6 Å². The van der Waals surface area contributed by atoms with Crippen molar-refractivity contribution in [3.8, 4) is 11.3 Å². The largest absolute Gasteiger partial charge is 0.476 e. The van der Waals surface area contributed by atoms with E-state index in [1.54, 1.807) is 17.5 Å². The highest BCUT2D eigenvalue weighted by Gasteiger charge is 2.26. The molecular formula is C14H11F3N2O3S. The molecular weight excluding hydrogens is 333 g/mol. The Morgan fingerprint density at radius 3 is 2.39 bits per heavy atom. The van der Waals surface area contributed by atoms with Gasteiger partial charge in [-0.05, 0) is 12.1 Å². The van der Waals surface area contributed by atoms with Gasteiger partial charge in [-0.1, -0.05) is 12.1 Å². The molecule has 1 aromatic carbocycles. The Bertz CT molecular complexity index is 711. The molecule has 1 aromatic heterocycles. The third kappa shape index (κ3) is 4.78. The molecule has 0 saturated carbocycles. The maximum atomic E-state index is 12.0. The van der Waals surface area contributed by atoms with Crippen LogP contribution in [0.3, 0.4) is 0 Å². The molecule has 0 spiro atoms. The number of benzene rings is 1. The zero-order chi connectivity index (χ0) is 17.0. The van der Waals surface area contributed by atoms with Gasteiger partial charge in [-0.15, -0.1) is 11.3 Å². The van der Waals surface area contributed by atoms with E-state index in [0.29, 0.717) is 11.3 Å². The number of aromatic nitrogens is 1. The zero-order valence-electron chi connectivity index (χ0n) is 11.6. The number of nitrogens with zero attached hydrogens (tertiary/aromatic N) is 1. The van der Waals surface area contributed by atoms with Crippen LogP contribution in [-0.4, -0.2) is 34.7 Å². The molecule has 122 valence electrons. The van der Waals surface area contributed by atoms with Crippen LogP contribution in [0.4, 0.5) is 13.2 Å². The lowest BCUT2D eigenvalue weighted by Crippen LogP contribution is -2.27. The van der Waals surface area contributed by atoms with Gasteiger partial charge in [0.25, 0.3) is 5.91 Å². The van der Waals surface area contributed by atoms with E-state index < -0.39 is 31.0 Å². The zero-order valence-corrected chi connectivity index (χ0v) is 12.4. The van der Waals surface area contributed by atoms with E-state index in [1.165, 1.54) is 12.1 Å². The lowest BCUT2D eigenvalue weighted by Gasteiger charge is -2.08. The Morgan fingerprint density at radius 1 is 1.22 bits per heavy atom. The van der Waals surface area contributed by atoms with Gasteiger partial charge < -0.3 is 10.4 Å². The van der Waals surface area contributed by atoms with E-state index in [2.05, 4.69) is 10.3 Å². The molecule has 0 radical (unpaired) electrons. The van der Waals surface area contributed by atoms with E-state index in [9.17, 15) is 22.8 Å². The molecule has 0 aliphatic carbocycles. The molecule has 2 N–H and O–H groups in total. The fourth-order valence-electron chi connectivity index (χ4n) is 1.72. The predicted molar refractivity (Wildman–Crippen MR) is 77.5 cm³/mol. The Morgan fingerprint density at radius 2 is 1.87 bits per heavy atom. The normalized spacial score (nSPS) is 11.3. The summed E-state index contributed by atoms with van der Waals surface area (Å²) in [6.45, 7) is -0.488. The third-order valence-electron chi connectivity index (χ3n) is 2.82. The molecule has 2 rings (SSSR count). The van der Waals surface area contributed by atoms with Gasteiger partial charge in [-0.25, -0.2) is 9.78 Å². The molecule has 0 fully saturated rings. The summed E-state index contributed by atoms with van der Waals surface area (Å²) < 4.78 is 36.0. The van der Waals surface area contributed by atoms with Crippen molar-refractivity contribution in [1.82, 2.24) is 10.3 Å². The van der Waals surface area contributed by atoms with Crippen LogP contribution in [-0.2, 0) is 0 Å². The number of carboxylic acids is 1. The summed E-state index contributed by atoms with van der Waals surface area (Å²) in [6.07, 6.45) is -5.41. The molecule has 23 heavy (non-hydrogen) atoms. The van der Waals surface area contributed by atoms with Crippen LogP contribution < -0.4 is 5.32 Å². The molecule has 0 bridgehead atoms. The van der Waals surface area contributed by atoms with Crippen molar-refractivity contribution in [1.29, 1.82) is 0 Å². The van der Waals surface area contributed by atoms with E-state index in [1.807, 2.05) is 0 Å². The molecule has 2 aromatic rings. The van der Waals surface area contributed by atoms with Gasteiger partial charge in [0.15, 0.2) is 0 Å². The number of hydrogen-bond acceptors (Lipinski definition) is 4. The van der Waals surface area contributed by atoms with Crippen LogP contribution in [0.25, 0.3) is 11.3 Å². The molecule has 0 aliphatic heterocycles. The first-order valence-electron chi connectivity index (χ1n) is 6.40. The van der Waals surface area contributed by atoms with Gasteiger partial charge in [0.2, 0.25) is 5.01 Å². The molecule has 1 amide bonds. The number of carbonyl (C=O) groups excluding carboxylic acids is 1. The van der Waals surface area contributed by atoms with Crippen molar-refractivity contribution in [2.45, 2.75) is 12.6 Å². The van der Waals surface area contributed by atoms with Crippen molar-refractivity contribution < 1.29 is 27.9 Å². The van der Waals surface area contributed by atoms with Gasteiger partial charge in [-0.3, -0.25) is 4.79 Å². The van der Waals surface area contributed by atoms with E-state index >= 15 is 0 Å². The highest BCUT2D eigenvalue weighted by molar-refractivity contribution is 7.11. The van der Waals surface area contributed by atoms with Gasteiger partial charge in [0.1, 0.15) is 0 Å². The number of nitrogens with one attached hydrogen (secondary N) is 1. The van der Waals surface area contributed by atoms with E-state index in [0.717, 1.165) is 11.3 Å². The summed E-state index contributed by atoms with van der Waals surface area (Å²) in [5, 5.41) is 12.5. The Kier molecular flexibility index (Phi) is 4.99. The maximum Gasteiger partial charge on any atom is 0.390 e. The fraction of sp³-hybridized carbons (Fsp3) is 0.214. The standard InChI is InChI=1S/C14H11F3N2O3S/c15-14(16,17)5-6-18-11(20)9-3-1-8(2-4-9)10-7-23-12(19-10)13(21)22/h1-4,7H,5-6H2,(H,18,20)(H,21,22). The second-order valence-corrected chi connectivity index (χ2v) is 5.40. The molecule has 1 heterocycles. The number of amides is 1. The SMILES string of the molecule is O=C(NCCC(F)(F)F)c1ccc(-c2csc(C(=O)O)n2)cc1. The average molecular weight is 344 g/mol.